The lowest BCUT2D eigenvalue weighted by Crippen LogP contribution is -2.38. The lowest BCUT2D eigenvalue weighted by atomic mass is 9.99. The van der Waals surface area contributed by atoms with Crippen molar-refractivity contribution in [3.63, 3.8) is 0 Å². The Kier molecular flexibility index (Phi) is 4.75. The molecule has 1 aliphatic rings. The smallest absolute Gasteiger partial charge is 0.347 e. The van der Waals surface area contributed by atoms with Crippen molar-refractivity contribution >= 4 is 23.2 Å². The van der Waals surface area contributed by atoms with Crippen LogP contribution in [0.2, 0.25) is 0 Å². The Hall–Kier alpha value is -1.43. The SMILES string of the molecule is CCc1nc(CC(=O)N2CCC(C)CC2)sc1C(=O)O. The Morgan fingerprint density at radius 1 is 1.40 bits per heavy atom. The number of aromatic nitrogens is 1. The van der Waals surface area contributed by atoms with E-state index in [1.165, 1.54) is 0 Å². The van der Waals surface area contributed by atoms with Crippen LogP contribution in [0, 0.1) is 5.92 Å². The van der Waals surface area contributed by atoms with E-state index in [4.69, 9.17) is 5.11 Å². The molecule has 0 bridgehead atoms. The van der Waals surface area contributed by atoms with Crippen molar-refractivity contribution in [1.29, 1.82) is 0 Å². The van der Waals surface area contributed by atoms with Crippen molar-refractivity contribution < 1.29 is 14.7 Å². The molecule has 0 unspecified atom stereocenters. The standard InChI is InChI=1S/C14H20N2O3S/c1-3-10-13(14(18)19)20-11(15-10)8-12(17)16-6-4-9(2)5-7-16/h9H,3-8H2,1-2H3,(H,18,19). The van der Waals surface area contributed by atoms with Crippen LogP contribution in [0.15, 0.2) is 0 Å². The lowest BCUT2D eigenvalue weighted by molar-refractivity contribution is -0.131. The van der Waals surface area contributed by atoms with E-state index in [0.29, 0.717) is 23.0 Å². The summed E-state index contributed by atoms with van der Waals surface area (Å²) >= 11 is 1.13. The molecule has 0 aliphatic carbocycles. The fourth-order valence-electron chi connectivity index (χ4n) is 2.38. The molecule has 0 aromatic carbocycles. The van der Waals surface area contributed by atoms with Crippen molar-refractivity contribution in [3.05, 3.63) is 15.6 Å². The molecular formula is C14H20N2O3S. The van der Waals surface area contributed by atoms with Gasteiger partial charge in [0.05, 0.1) is 12.1 Å². The van der Waals surface area contributed by atoms with E-state index in [9.17, 15) is 9.59 Å². The highest BCUT2D eigenvalue weighted by Crippen LogP contribution is 2.22. The average Bonchev–Trinajstić information content (AvgIpc) is 2.82. The maximum absolute atomic E-state index is 12.2. The van der Waals surface area contributed by atoms with Gasteiger partial charge in [-0.2, -0.15) is 0 Å². The van der Waals surface area contributed by atoms with Crippen LogP contribution in [0.25, 0.3) is 0 Å². The van der Waals surface area contributed by atoms with E-state index in [-0.39, 0.29) is 17.2 Å². The van der Waals surface area contributed by atoms with E-state index in [0.717, 1.165) is 37.3 Å². The lowest BCUT2D eigenvalue weighted by Gasteiger charge is -2.30. The molecule has 0 spiro atoms. The van der Waals surface area contributed by atoms with Crippen LogP contribution < -0.4 is 0 Å². The Morgan fingerprint density at radius 3 is 2.55 bits per heavy atom. The maximum Gasteiger partial charge on any atom is 0.347 e. The van der Waals surface area contributed by atoms with E-state index in [1.54, 1.807) is 0 Å². The Bertz CT molecular complexity index is 505. The summed E-state index contributed by atoms with van der Waals surface area (Å²) in [6.45, 7) is 5.68. The van der Waals surface area contributed by atoms with Crippen molar-refractivity contribution in [2.75, 3.05) is 13.1 Å². The van der Waals surface area contributed by atoms with Crippen LogP contribution in [0.3, 0.4) is 0 Å². The molecule has 110 valence electrons. The second kappa shape index (κ2) is 6.35. The van der Waals surface area contributed by atoms with Gasteiger partial charge in [-0.3, -0.25) is 4.79 Å². The number of piperidine rings is 1. The average molecular weight is 296 g/mol. The van der Waals surface area contributed by atoms with Crippen molar-refractivity contribution in [1.82, 2.24) is 9.88 Å². The molecule has 1 amide bonds. The molecule has 0 atom stereocenters. The number of likely N-dealkylation sites (tertiary alicyclic amines) is 1. The second-order valence-corrected chi connectivity index (χ2v) is 6.37. The largest absolute Gasteiger partial charge is 0.477 e. The van der Waals surface area contributed by atoms with Crippen molar-refractivity contribution in [2.24, 2.45) is 5.92 Å². The van der Waals surface area contributed by atoms with Gasteiger partial charge < -0.3 is 10.0 Å². The minimum absolute atomic E-state index is 0.0604. The number of hydrogen-bond acceptors (Lipinski definition) is 4. The molecule has 1 aromatic heterocycles. The zero-order valence-electron chi connectivity index (χ0n) is 11.9. The first-order chi connectivity index (χ1) is 9.51. The molecule has 1 aromatic rings. The minimum Gasteiger partial charge on any atom is -0.477 e. The monoisotopic (exact) mass is 296 g/mol. The van der Waals surface area contributed by atoms with Crippen LogP contribution in [0.5, 0.6) is 0 Å². The molecule has 2 rings (SSSR count). The van der Waals surface area contributed by atoms with Crippen LogP contribution in [-0.4, -0.2) is 40.0 Å². The molecule has 1 aliphatic heterocycles. The molecule has 2 heterocycles. The number of carboxylic acid groups (broad SMARTS) is 1. The fraction of sp³-hybridized carbons (Fsp3) is 0.643. The number of carboxylic acids is 1. The normalized spacial score (nSPS) is 16.4. The Balaban J connectivity index is 2.02. The van der Waals surface area contributed by atoms with Crippen LogP contribution in [-0.2, 0) is 17.6 Å². The molecule has 5 nitrogen and oxygen atoms in total. The number of rotatable bonds is 4. The van der Waals surface area contributed by atoms with Gasteiger partial charge in [0.1, 0.15) is 9.88 Å². The Morgan fingerprint density at radius 2 is 2.05 bits per heavy atom. The van der Waals surface area contributed by atoms with Gasteiger partial charge >= 0.3 is 5.97 Å². The van der Waals surface area contributed by atoms with Gasteiger partial charge in [0, 0.05) is 13.1 Å². The first-order valence-electron chi connectivity index (χ1n) is 7.00. The summed E-state index contributed by atoms with van der Waals surface area (Å²) in [5, 5.41) is 9.71. The van der Waals surface area contributed by atoms with E-state index >= 15 is 0 Å². The van der Waals surface area contributed by atoms with Crippen molar-refractivity contribution in [3.8, 4) is 0 Å². The molecule has 0 saturated carbocycles. The van der Waals surface area contributed by atoms with E-state index < -0.39 is 5.97 Å². The third kappa shape index (κ3) is 3.36. The molecule has 20 heavy (non-hydrogen) atoms. The fourth-order valence-corrected chi connectivity index (χ4v) is 3.36. The summed E-state index contributed by atoms with van der Waals surface area (Å²) in [6, 6.07) is 0. The maximum atomic E-state index is 12.2. The number of carbonyl (C=O) groups excluding carboxylic acids is 1. The van der Waals surface area contributed by atoms with Gasteiger partial charge in [0.15, 0.2) is 0 Å². The predicted molar refractivity (Wildman–Crippen MR) is 77.1 cm³/mol. The third-order valence-electron chi connectivity index (χ3n) is 3.71. The zero-order valence-corrected chi connectivity index (χ0v) is 12.7. The van der Waals surface area contributed by atoms with Crippen LogP contribution >= 0.6 is 11.3 Å². The molecule has 1 saturated heterocycles. The Labute approximate surface area is 122 Å². The summed E-state index contributed by atoms with van der Waals surface area (Å²) in [4.78, 5) is 29.7. The quantitative estimate of drug-likeness (QED) is 0.924. The topological polar surface area (TPSA) is 70.5 Å². The summed E-state index contributed by atoms with van der Waals surface area (Å²) < 4.78 is 0. The number of aryl methyl sites for hydroxylation is 1. The highest BCUT2D eigenvalue weighted by Gasteiger charge is 2.23. The summed E-state index contributed by atoms with van der Waals surface area (Å²) in [6.07, 6.45) is 2.89. The first kappa shape index (κ1) is 15.0. The predicted octanol–water partition coefficient (Wildman–Crippen LogP) is 2.20. The summed E-state index contributed by atoms with van der Waals surface area (Å²) in [5.41, 5.74) is 0.581. The van der Waals surface area contributed by atoms with Gasteiger partial charge in [0.2, 0.25) is 5.91 Å². The van der Waals surface area contributed by atoms with Gasteiger partial charge in [-0.25, -0.2) is 9.78 Å². The van der Waals surface area contributed by atoms with Crippen molar-refractivity contribution in [2.45, 2.75) is 39.5 Å². The summed E-state index contributed by atoms with van der Waals surface area (Å²) in [5.74, 6) is -0.209. The number of hydrogen-bond donors (Lipinski definition) is 1. The van der Waals surface area contributed by atoms with Gasteiger partial charge in [-0.15, -0.1) is 11.3 Å². The van der Waals surface area contributed by atoms with Crippen LogP contribution in [0.4, 0.5) is 0 Å². The number of nitrogens with zero attached hydrogens (tertiary/aromatic N) is 2. The number of carbonyl (C=O) groups is 2. The van der Waals surface area contributed by atoms with E-state index in [2.05, 4.69) is 11.9 Å². The van der Waals surface area contributed by atoms with Gasteiger partial charge in [-0.1, -0.05) is 13.8 Å². The molecular weight excluding hydrogens is 276 g/mol. The third-order valence-corrected chi connectivity index (χ3v) is 4.80. The zero-order chi connectivity index (χ0) is 14.7. The highest BCUT2D eigenvalue weighted by molar-refractivity contribution is 7.13. The van der Waals surface area contributed by atoms with E-state index in [1.807, 2.05) is 11.8 Å². The molecule has 0 radical (unpaired) electrons. The molecule has 1 N–H and O–H groups in total. The number of amides is 1. The molecule has 6 heteroatoms. The minimum atomic E-state index is -0.954. The second-order valence-electron chi connectivity index (χ2n) is 5.28. The van der Waals surface area contributed by atoms with Gasteiger partial charge in [0.25, 0.3) is 0 Å². The van der Waals surface area contributed by atoms with Gasteiger partial charge in [-0.05, 0) is 25.2 Å². The molecule has 1 fully saturated rings. The highest BCUT2D eigenvalue weighted by atomic mass is 32.1. The number of thiazole rings is 1. The number of aromatic carboxylic acids is 1. The summed E-state index contributed by atoms with van der Waals surface area (Å²) in [7, 11) is 0. The first-order valence-corrected chi connectivity index (χ1v) is 7.82. The van der Waals surface area contributed by atoms with Crippen LogP contribution in [0.1, 0.15) is 47.1 Å².